The van der Waals surface area contributed by atoms with Gasteiger partial charge in [0.05, 0.1) is 16.8 Å². The molecule has 100 valence electrons. The van der Waals surface area contributed by atoms with Crippen LogP contribution in [-0.4, -0.2) is 17.1 Å². The number of rotatable bonds is 3. The second kappa shape index (κ2) is 5.99. The SMILES string of the molecule is COCc1nc(-c2cc(C)ccc2C)nc(Cl)c1Br. The Bertz CT molecular complexity index is 617. The molecule has 1 aromatic heterocycles. The first-order chi connectivity index (χ1) is 9.02. The van der Waals surface area contributed by atoms with Crippen LogP contribution in [0.1, 0.15) is 16.8 Å². The van der Waals surface area contributed by atoms with Crippen LogP contribution in [0.5, 0.6) is 0 Å². The third kappa shape index (κ3) is 3.14. The van der Waals surface area contributed by atoms with Crippen molar-refractivity contribution in [2.24, 2.45) is 0 Å². The summed E-state index contributed by atoms with van der Waals surface area (Å²) < 4.78 is 5.81. The van der Waals surface area contributed by atoms with Crippen molar-refractivity contribution in [1.29, 1.82) is 0 Å². The van der Waals surface area contributed by atoms with Crippen LogP contribution in [-0.2, 0) is 11.3 Å². The van der Waals surface area contributed by atoms with Crippen molar-refractivity contribution in [3.05, 3.63) is 44.6 Å². The lowest BCUT2D eigenvalue weighted by atomic mass is 10.1. The Morgan fingerprint density at radius 2 is 2.00 bits per heavy atom. The van der Waals surface area contributed by atoms with Gasteiger partial charge in [-0.2, -0.15) is 0 Å². The summed E-state index contributed by atoms with van der Waals surface area (Å²) in [6.07, 6.45) is 0. The highest BCUT2D eigenvalue weighted by Crippen LogP contribution is 2.29. The van der Waals surface area contributed by atoms with Gasteiger partial charge in [0, 0.05) is 12.7 Å². The van der Waals surface area contributed by atoms with E-state index in [2.05, 4.69) is 44.1 Å². The fraction of sp³-hybridized carbons (Fsp3) is 0.286. The lowest BCUT2D eigenvalue weighted by Gasteiger charge is -2.10. The average molecular weight is 342 g/mol. The quantitative estimate of drug-likeness (QED) is 0.780. The zero-order chi connectivity index (χ0) is 14.0. The standard InChI is InChI=1S/C14H14BrClN2O/c1-8-4-5-9(2)10(6-8)14-17-11(7-19-3)12(15)13(16)18-14/h4-6H,7H2,1-3H3. The van der Waals surface area contributed by atoms with Gasteiger partial charge < -0.3 is 4.74 Å². The van der Waals surface area contributed by atoms with Gasteiger partial charge in [0.25, 0.3) is 0 Å². The first kappa shape index (κ1) is 14.4. The van der Waals surface area contributed by atoms with E-state index in [1.807, 2.05) is 13.8 Å². The van der Waals surface area contributed by atoms with Crippen LogP contribution in [0.3, 0.4) is 0 Å². The summed E-state index contributed by atoms with van der Waals surface area (Å²) in [6.45, 7) is 4.46. The molecule has 1 heterocycles. The molecule has 0 atom stereocenters. The smallest absolute Gasteiger partial charge is 0.161 e. The van der Waals surface area contributed by atoms with E-state index >= 15 is 0 Å². The molecule has 2 aromatic rings. The summed E-state index contributed by atoms with van der Waals surface area (Å²) in [4.78, 5) is 8.87. The van der Waals surface area contributed by atoms with E-state index in [1.54, 1.807) is 7.11 Å². The van der Waals surface area contributed by atoms with Crippen molar-refractivity contribution in [2.75, 3.05) is 7.11 Å². The summed E-state index contributed by atoms with van der Waals surface area (Å²) in [5, 5.41) is 0.401. The van der Waals surface area contributed by atoms with Gasteiger partial charge >= 0.3 is 0 Å². The summed E-state index contributed by atoms with van der Waals surface area (Å²) in [6, 6.07) is 6.18. The number of hydrogen-bond donors (Lipinski definition) is 0. The number of nitrogens with zero attached hydrogens (tertiary/aromatic N) is 2. The molecule has 0 aliphatic rings. The molecule has 0 bridgehead atoms. The van der Waals surface area contributed by atoms with Gasteiger partial charge in [-0.15, -0.1) is 0 Å². The maximum absolute atomic E-state index is 6.14. The lowest BCUT2D eigenvalue weighted by molar-refractivity contribution is 0.181. The van der Waals surface area contributed by atoms with Crippen molar-refractivity contribution >= 4 is 27.5 Å². The minimum atomic E-state index is 0.390. The fourth-order valence-corrected chi connectivity index (χ4v) is 2.27. The van der Waals surface area contributed by atoms with Gasteiger partial charge in [0.2, 0.25) is 0 Å². The van der Waals surface area contributed by atoms with Gasteiger partial charge in [0.15, 0.2) is 5.82 Å². The first-order valence-corrected chi connectivity index (χ1v) is 6.98. The van der Waals surface area contributed by atoms with Crippen molar-refractivity contribution < 1.29 is 4.74 Å². The highest BCUT2D eigenvalue weighted by molar-refractivity contribution is 9.10. The molecule has 0 radical (unpaired) electrons. The third-order valence-electron chi connectivity index (χ3n) is 2.79. The fourth-order valence-electron chi connectivity index (χ4n) is 1.79. The molecule has 0 aliphatic carbocycles. The largest absolute Gasteiger partial charge is 0.378 e. The summed E-state index contributed by atoms with van der Waals surface area (Å²) >= 11 is 9.53. The predicted octanol–water partition coefficient (Wildman–Crippen LogP) is 4.32. The minimum Gasteiger partial charge on any atom is -0.378 e. The number of halogens is 2. The molecule has 0 fully saturated rings. The molecular weight excluding hydrogens is 328 g/mol. The number of benzene rings is 1. The summed E-state index contributed by atoms with van der Waals surface area (Å²) in [5.41, 5.74) is 4.02. The van der Waals surface area contributed by atoms with E-state index in [-0.39, 0.29) is 0 Å². The van der Waals surface area contributed by atoms with Crippen molar-refractivity contribution in [3.63, 3.8) is 0 Å². The van der Waals surface area contributed by atoms with E-state index in [0.29, 0.717) is 22.1 Å². The van der Waals surface area contributed by atoms with Crippen LogP contribution in [0.4, 0.5) is 0 Å². The van der Waals surface area contributed by atoms with E-state index in [1.165, 1.54) is 0 Å². The zero-order valence-electron chi connectivity index (χ0n) is 11.0. The monoisotopic (exact) mass is 340 g/mol. The van der Waals surface area contributed by atoms with E-state index in [9.17, 15) is 0 Å². The molecule has 1 aromatic carbocycles. The van der Waals surface area contributed by atoms with Gasteiger partial charge in [-0.05, 0) is 41.4 Å². The molecule has 0 saturated heterocycles. The Morgan fingerprint density at radius 3 is 2.68 bits per heavy atom. The maximum atomic E-state index is 6.14. The Morgan fingerprint density at radius 1 is 1.26 bits per heavy atom. The van der Waals surface area contributed by atoms with Gasteiger partial charge in [0.1, 0.15) is 5.15 Å². The van der Waals surface area contributed by atoms with Crippen molar-refractivity contribution in [1.82, 2.24) is 9.97 Å². The molecule has 0 spiro atoms. The van der Waals surface area contributed by atoms with Crippen LogP contribution in [0.25, 0.3) is 11.4 Å². The molecule has 0 aliphatic heterocycles. The minimum absolute atomic E-state index is 0.390. The molecular formula is C14H14BrClN2O. The van der Waals surface area contributed by atoms with E-state index in [0.717, 1.165) is 22.4 Å². The number of ether oxygens (including phenoxy) is 1. The summed E-state index contributed by atoms with van der Waals surface area (Å²) in [5.74, 6) is 0.626. The molecule has 5 heteroatoms. The normalized spacial score (nSPS) is 10.8. The molecule has 0 saturated carbocycles. The Balaban J connectivity index is 2.59. The van der Waals surface area contributed by atoms with E-state index in [4.69, 9.17) is 16.3 Å². The Hall–Kier alpha value is -0.970. The molecule has 3 nitrogen and oxygen atoms in total. The van der Waals surface area contributed by atoms with Crippen LogP contribution in [0, 0.1) is 13.8 Å². The zero-order valence-corrected chi connectivity index (χ0v) is 13.3. The number of hydrogen-bond acceptors (Lipinski definition) is 3. The van der Waals surface area contributed by atoms with Crippen molar-refractivity contribution in [3.8, 4) is 11.4 Å². The third-order valence-corrected chi connectivity index (χ3v) is 4.13. The number of methoxy groups -OCH3 is 1. The Labute approximate surface area is 126 Å². The number of aryl methyl sites for hydroxylation is 2. The lowest BCUT2D eigenvalue weighted by Crippen LogP contribution is -2.01. The summed E-state index contributed by atoms with van der Waals surface area (Å²) in [7, 11) is 1.63. The second-order valence-electron chi connectivity index (χ2n) is 4.35. The van der Waals surface area contributed by atoms with Crippen molar-refractivity contribution in [2.45, 2.75) is 20.5 Å². The topological polar surface area (TPSA) is 35.0 Å². The maximum Gasteiger partial charge on any atom is 0.161 e. The van der Waals surface area contributed by atoms with Gasteiger partial charge in [-0.25, -0.2) is 9.97 Å². The highest BCUT2D eigenvalue weighted by atomic mass is 79.9. The van der Waals surface area contributed by atoms with Gasteiger partial charge in [-0.1, -0.05) is 29.3 Å². The highest BCUT2D eigenvalue weighted by Gasteiger charge is 2.13. The first-order valence-electron chi connectivity index (χ1n) is 5.81. The second-order valence-corrected chi connectivity index (χ2v) is 5.50. The van der Waals surface area contributed by atoms with Crippen LogP contribution in [0.2, 0.25) is 5.15 Å². The molecule has 0 N–H and O–H groups in total. The molecule has 0 amide bonds. The predicted molar refractivity (Wildman–Crippen MR) is 80.4 cm³/mol. The molecule has 2 rings (SSSR count). The van der Waals surface area contributed by atoms with Crippen LogP contribution in [0.15, 0.2) is 22.7 Å². The molecule has 0 unspecified atom stereocenters. The van der Waals surface area contributed by atoms with Gasteiger partial charge in [-0.3, -0.25) is 0 Å². The van der Waals surface area contributed by atoms with E-state index < -0.39 is 0 Å². The molecule has 19 heavy (non-hydrogen) atoms. The average Bonchev–Trinajstić information content (AvgIpc) is 2.38. The van der Waals surface area contributed by atoms with Crippen LogP contribution >= 0.6 is 27.5 Å². The number of aromatic nitrogens is 2. The van der Waals surface area contributed by atoms with Crippen LogP contribution < -0.4 is 0 Å². The Kier molecular flexibility index (Phi) is 4.55.